The molecule has 3 heteroatoms. The lowest BCUT2D eigenvalue weighted by Crippen LogP contribution is -2.20. The van der Waals surface area contributed by atoms with Gasteiger partial charge in [0.15, 0.2) is 0 Å². The van der Waals surface area contributed by atoms with E-state index in [2.05, 4.69) is 39.0 Å². The molecule has 0 radical (unpaired) electrons. The summed E-state index contributed by atoms with van der Waals surface area (Å²) in [5.41, 5.74) is 9.92. The van der Waals surface area contributed by atoms with Crippen LogP contribution in [0, 0.1) is 0 Å². The van der Waals surface area contributed by atoms with Crippen LogP contribution < -0.4 is 10.5 Å². The molecule has 2 N–H and O–H groups in total. The van der Waals surface area contributed by atoms with Crippen LogP contribution in [0.15, 0.2) is 42.5 Å². The van der Waals surface area contributed by atoms with Crippen molar-refractivity contribution >= 4 is 11.6 Å². The number of nitrogens with two attached hydrogens (primary N) is 1. The van der Waals surface area contributed by atoms with Crippen molar-refractivity contribution in [3.05, 3.63) is 64.2 Å². The van der Waals surface area contributed by atoms with Gasteiger partial charge in [-0.3, -0.25) is 0 Å². The second-order valence-corrected chi connectivity index (χ2v) is 6.62. The van der Waals surface area contributed by atoms with E-state index in [0.717, 1.165) is 11.1 Å². The Labute approximate surface area is 131 Å². The first kappa shape index (κ1) is 15.9. The molecule has 2 rings (SSSR count). The van der Waals surface area contributed by atoms with E-state index in [-0.39, 0.29) is 11.5 Å². The van der Waals surface area contributed by atoms with Gasteiger partial charge in [0.1, 0.15) is 5.75 Å². The summed E-state index contributed by atoms with van der Waals surface area (Å²) in [5, 5.41) is 0.595. The van der Waals surface area contributed by atoms with Crippen molar-refractivity contribution in [2.24, 2.45) is 5.73 Å². The summed E-state index contributed by atoms with van der Waals surface area (Å²) < 4.78 is 5.28. The fourth-order valence-corrected chi connectivity index (χ4v) is 2.70. The van der Waals surface area contributed by atoms with Gasteiger partial charge in [-0.2, -0.15) is 0 Å². The molecule has 0 aromatic heterocycles. The molecule has 0 aliphatic heterocycles. The van der Waals surface area contributed by atoms with E-state index in [0.29, 0.717) is 10.8 Å². The van der Waals surface area contributed by atoms with Gasteiger partial charge in [-0.15, -0.1) is 0 Å². The summed E-state index contributed by atoms with van der Waals surface area (Å²) in [6.07, 6.45) is 0. The average Bonchev–Trinajstić information content (AvgIpc) is 2.46. The number of benzene rings is 2. The van der Waals surface area contributed by atoms with Crippen LogP contribution in [0.2, 0.25) is 5.02 Å². The minimum absolute atomic E-state index is 0.0464. The fourth-order valence-electron chi connectivity index (χ4n) is 2.50. The Kier molecular flexibility index (Phi) is 4.60. The lowest BCUT2D eigenvalue weighted by atomic mass is 9.81. The van der Waals surface area contributed by atoms with Crippen LogP contribution in [0.5, 0.6) is 5.75 Å². The largest absolute Gasteiger partial charge is 0.495 e. The summed E-state index contributed by atoms with van der Waals surface area (Å²) in [5.74, 6) is 0.651. The van der Waals surface area contributed by atoms with Gasteiger partial charge in [0.25, 0.3) is 0 Å². The zero-order chi connectivity index (χ0) is 15.6. The van der Waals surface area contributed by atoms with Gasteiger partial charge < -0.3 is 10.5 Å². The smallest absolute Gasteiger partial charge is 0.137 e. The molecule has 0 saturated carbocycles. The summed E-state index contributed by atoms with van der Waals surface area (Å²) in [6, 6.07) is 13.8. The molecule has 1 unspecified atom stereocenters. The highest BCUT2D eigenvalue weighted by atomic mass is 35.5. The van der Waals surface area contributed by atoms with Crippen LogP contribution in [0.4, 0.5) is 0 Å². The monoisotopic (exact) mass is 303 g/mol. The van der Waals surface area contributed by atoms with Gasteiger partial charge in [-0.25, -0.2) is 0 Å². The predicted molar refractivity (Wildman–Crippen MR) is 89.2 cm³/mol. The molecular weight excluding hydrogens is 282 g/mol. The molecule has 0 amide bonds. The number of rotatable bonds is 3. The molecule has 0 aliphatic carbocycles. The summed E-state index contributed by atoms with van der Waals surface area (Å²) in [4.78, 5) is 0. The van der Waals surface area contributed by atoms with Gasteiger partial charge in [0.2, 0.25) is 0 Å². The Bertz CT molecular complexity index is 631. The highest BCUT2D eigenvalue weighted by Gasteiger charge is 2.21. The van der Waals surface area contributed by atoms with E-state index in [4.69, 9.17) is 22.1 Å². The summed E-state index contributed by atoms with van der Waals surface area (Å²) in [6.45, 7) is 6.59. The number of methoxy groups -OCH3 is 1. The van der Waals surface area contributed by atoms with Crippen molar-refractivity contribution in [1.82, 2.24) is 0 Å². The zero-order valence-electron chi connectivity index (χ0n) is 13.0. The average molecular weight is 304 g/mol. The first-order valence-electron chi connectivity index (χ1n) is 7.03. The zero-order valence-corrected chi connectivity index (χ0v) is 13.7. The normalized spacial score (nSPS) is 13.0. The van der Waals surface area contributed by atoms with Crippen molar-refractivity contribution in [3.8, 4) is 5.75 Å². The highest BCUT2D eigenvalue weighted by Crippen LogP contribution is 2.34. The van der Waals surface area contributed by atoms with Gasteiger partial charge in [0, 0.05) is 0 Å². The molecule has 0 fully saturated rings. The Hall–Kier alpha value is -1.51. The number of ether oxygens (including phenoxy) is 1. The van der Waals surface area contributed by atoms with Crippen LogP contribution in [0.1, 0.15) is 43.5 Å². The molecule has 21 heavy (non-hydrogen) atoms. The van der Waals surface area contributed by atoms with Crippen molar-refractivity contribution < 1.29 is 4.74 Å². The highest BCUT2D eigenvalue weighted by molar-refractivity contribution is 6.32. The second kappa shape index (κ2) is 6.08. The SMILES string of the molecule is COc1cc(C(N)c2ccccc2C(C)(C)C)ccc1Cl. The van der Waals surface area contributed by atoms with Crippen molar-refractivity contribution in [2.75, 3.05) is 7.11 Å². The first-order chi connectivity index (χ1) is 9.84. The van der Waals surface area contributed by atoms with Crippen LogP contribution in [0.3, 0.4) is 0 Å². The van der Waals surface area contributed by atoms with Crippen LogP contribution >= 0.6 is 11.6 Å². The molecule has 1 atom stereocenters. The van der Waals surface area contributed by atoms with Gasteiger partial charge in [0.05, 0.1) is 18.2 Å². The lowest BCUT2D eigenvalue weighted by molar-refractivity contribution is 0.414. The number of hydrogen-bond acceptors (Lipinski definition) is 2. The van der Waals surface area contributed by atoms with E-state index < -0.39 is 0 Å². The van der Waals surface area contributed by atoms with E-state index in [9.17, 15) is 0 Å². The Morgan fingerprint density at radius 3 is 2.38 bits per heavy atom. The maximum atomic E-state index is 6.49. The maximum absolute atomic E-state index is 6.49. The van der Waals surface area contributed by atoms with Crippen molar-refractivity contribution in [2.45, 2.75) is 32.2 Å². The number of hydrogen-bond donors (Lipinski definition) is 1. The predicted octanol–water partition coefficient (Wildman–Crippen LogP) is 4.69. The molecule has 0 saturated heterocycles. The summed E-state index contributed by atoms with van der Waals surface area (Å²) in [7, 11) is 1.61. The molecule has 2 aromatic rings. The molecule has 0 aliphatic rings. The lowest BCUT2D eigenvalue weighted by Gasteiger charge is -2.26. The van der Waals surface area contributed by atoms with E-state index in [1.807, 2.05) is 24.3 Å². The third-order valence-corrected chi connectivity index (χ3v) is 3.95. The first-order valence-corrected chi connectivity index (χ1v) is 7.41. The van der Waals surface area contributed by atoms with Gasteiger partial charge >= 0.3 is 0 Å². The molecule has 112 valence electrons. The Morgan fingerprint density at radius 2 is 1.76 bits per heavy atom. The maximum Gasteiger partial charge on any atom is 0.137 e. The Morgan fingerprint density at radius 1 is 1.10 bits per heavy atom. The molecule has 0 bridgehead atoms. The second-order valence-electron chi connectivity index (χ2n) is 6.21. The van der Waals surface area contributed by atoms with E-state index in [1.54, 1.807) is 7.11 Å². The number of halogens is 1. The van der Waals surface area contributed by atoms with Crippen molar-refractivity contribution in [3.63, 3.8) is 0 Å². The summed E-state index contributed by atoms with van der Waals surface area (Å²) >= 11 is 6.09. The van der Waals surface area contributed by atoms with Gasteiger partial charge in [-0.05, 0) is 34.2 Å². The third-order valence-electron chi connectivity index (χ3n) is 3.64. The molecule has 2 nitrogen and oxygen atoms in total. The van der Waals surface area contributed by atoms with Crippen LogP contribution in [-0.4, -0.2) is 7.11 Å². The Balaban J connectivity index is 2.48. The molecule has 2 aromatic carbocycles. The quantitative estimate of drug-likeness (QED) is 0.892. The topological polar surface area (TPSA) is 35.2 Å². The van der Waals surface area contributed by atoms with Crippen LogP contribution in [-0.2, 0) is 5.41 Å². The molecule has 0 spiro atoms. The van der Waals surface area contributed by atoms with E-state index >= 15 is 0 Å². The minimum Gasteiger partial charge on any atom is -0.495 e. The van der Waals surface area contributed by atoms with Crippen molar-refractivity contribution in [1.29, 1.82) is 0 Å². The van der Waals surface area contributed by atoms with Crippen LogP contribution in [0.25, 0.3) is 0 Å². The third kappa shape index (κ3) is 3.39. The fraction of sp³-hybridized carbons (Fsp3) is 0.333. The standard InChI is InChI=1S/C18H22ClNO/c1-18(2,3)14-8-6-5-7-13(14)17(20)12-9-10-15(19)16(11-12)21-4/h5-11,17H,20H2,1-4H3. The molecular formula is C18H22ClNO. The molecule has 0 heterocycles. The van der Waals surface area contributed by atoms with E-state index in [1.165, 1.54) is 5.56 Å². The minimum atomic E-state index is -0.202. The van der Waals surface area contributed by atoms with Gasteiger partial charge in [-0.1, -0.05) is 62.7 Å².